The number of amides is 1. The summed E-state index contributed by atoms with van der Waals surface area (Å²) in [5.74, 6) is -0.00366. The maximum atomic E-state index is 12.0. The zero-order valence-electron chi connectivity index (χ0n) is 10.2. The Morgan fingerprint density at radius 3 is 2.94 bits per heavy atom. The van der Waals surface area contributed by atoms with Gasteiger partial charge in [0.05, 0.1) is 0 Å². The SMILES string of the molecule is CC(C(=O)NC1CCCCC1N)n1cccn1. The van der Waals surface area contributed by atoms with Gasteiger partial charge in [0.1, 0.15) is 6.04 Å². The Morgan fingerprint density at radius 1 is 1.53 bits per heavy atom. The van der Waals surface area contributed by atoms with E-state index in [-0.39, 0.29) is 24.0 Å². The molecule has 3 N–H and O–H groups in total. The molecule has 0 saturated heterocycles. The van der Waals surface area contributed by atoms with E-state index in [0.29, 0.717) is 0 Å². The second-order valence-electron chi connectivity index (χ2n) is 4.73. The molecular weight excluding hydrogens is 216 g/mol. The average Bonchev–Trinajstić information content (AvgIpc) is 2.84. The van der Waals surface area contributed by atoms with E-state index in [4.69, 9.17) is 5.73 Å². The summed E-state index contributed by atoms with van der Waals surface area (Å²) in [6.07, 6.45) is 7.78. The van der Waals surface area contributed by atoms with Gasteiger partial charge < -0.3 is 11.1 Å². The fourth-order valence-electron chi connectivity index (χ4n) is 2.27. The van der Waals surface area contributed by atoms with Crippen LogP contribution in [0.4, 0.5) is 0 Å². The zero-order valence-corrected chi connectivity index (χ0v) is 10.2. The van der Waals surface area contributed by atoms with E-state index >= 15 is 0 Å². The molecule has 0 spiro atoms. The van der Waals surface area contributed by atoms with Gasteiger partial charge in [-0.2, -0.15) is 5.10 Å². The number of nitrogens with two attached hydrogens (primary N) is 1. The fourth-order valence-corrected chi connectivity index (χ4v) is 2.27. The zero-order chi connectivity index (χ0) is 12.3. The summed E-state index contributed by atoms with van der Waals surface area (Å²) < 4.78 is 1.66. The molecule has 1 aromatic rings. The van der Waals surface area contributed by atoms with Gasteiger partial charge in [0.2, 0.25) is 5.91 Å². The van der Waals surface area contributed by atoms with Crippen LogP contribution in [0.3, 0.4) is 0 Å². The number of aromatic nitrogens is 2. The van der Waals surface area contributed by atoms with Crippen molar-refractivity contribution in [1.82, 2.24) is 15.1 Å². The fraction of sp³-hybridized carbons (Fsp3) is 0.667. The second kappa shape index (κ2) is 5.31. The number of nitrogens with zero attached hydrogens (tertiary/aromatic N) is 2. The highest BCUT2D eigenvalue weighted by atomic mass is 16.2. The van der Waals surface area contributed by atoms with E-state index in [1.807, 2.05) is 13.0 Å². The quantitative estimate of drug-likeness (QED) is 0.816. The van der Waals surface area contributed by atoms with Crippen LogP contribution in [-0.4, -0.2) is 27.8 Å². The van der Waals surface area contributed by atoms with Crippen molar-refractivity contribution in [3.8, 4) is 0 Å². The van der Waals surface area contributed by atoms with Crippen molar-refractivity contribution in [2.24, 2.45) is 5.73 Å². The van der Waals surface area contributed by atoms with Crippen molar-refractivity contribution in [3.05, 3.63) is 18.5 Å². The number of carbonyl (C=O) groups is 1. The van der Waals surface area contributed by atoms with Gasteiger partial charge in [0, 0.05) is 24.5 Å². The van der Waals surface area contributed by atoms with Crippen molar-refractivity contribution in [2.45, 2.75) is 50.7 Å². The minimum atomic E-state index is -0.279. The molecule has 0 bridgehead atoms. The van der Waals surface area contributed by atoms with E-state index in [9.17, 15) is 4.79 Å². The molecule has 0 aliphatic heterocycles. The third-order valence-corrected chi connectivity index (χ3v) is 3.45. The molecule has 5 heteroatoms. The van der Waals surface area contributed by atoms with E-state index in [1.54, 1.807) is 17.1 Å². The molecule has 2 rings (SSSR count). The van der Waals surface area contributed by atoms with Crippen LogP contribution in [-0.2, 0) is 4.79 Å². The van der Waals surface area contributed by atoms with Crippen LogP contribution in [0.2, 0.25) is 0 Å². The summed E-state index contributed by atoms with van der Waals surface area (Å²) >= 11 is 0. The molecule has 1 aromatic heterocycles. The van der Waals surface area contributed by atoms with Crippen LogP contribution >= 0.6 is 0 Å². The van der Waals surface area contributed by atoms with Gasteiger partial charge in [-0.15, -0.1) is 0 Å². The predicted molar refractivity (Wildman–Crippen MR) is 65.3 cm³/mol. The summed E-state index contributed by atoms with van der Waals surface area (Å²) in [6, 6.07) is 1.75. The summed E-state index contributed by atoms with van der Waals surface area (Å²) in [7, 11) is 0. The van der Waals surface area contributed by atoms with Gasteiger partial charge >= 0.3 is 0 Å². The molecule has 1 fully saturated rings. The van der Waals surface area contributed by atoms with E-state index < -0.39 is 0 Å². The van der Waals surface area contributed by atoms with Crippen LogP contribution < -0.4 is 11.1 Å². The van der Waals surface area contributed by atoms with E-state index in [2.05, 4.69) is 10.4 Å². The Bertz CT molecular complexity index is 363. The van der Waals surface area contributed by atoms with E-state index in [1.165, 1.54) is 6.42 Å². The minimum absolute atomic E-state index is 0.00366. The van der Waals surface area contributed by atoms with Crippen LogP contribution in [0.25, 0.3) is 0 Å². The topological polar surface area (TPSA) is 72.9 Å². The first-order valence-corrected chi connectivity index (χ1v) is 6.23. The summed E-state index contributed by atoms with van der Waals surface area (Å²) in [5.41, 5.74) is 6.01. The Labute approximate surface area is 101 Å². The second-order valence-corrected chi connectivity index (χ2v) is 4.73. The highest BCUT2D eigenvalue weighted by Crippen LogP contribution is 2.17. The first-order chi connectivity index (χ1) is 8.18. The molecule has 94 valence electrons. The van der Waals surface area contributed by atoms with Crippen molar-refractivity contribution >= 4 is 5.91 Å². The molecule has 1 heterocycles. The maximum absolute atomic E-state index is 12.0. The van der Waals surface area contributed by atoms with Crippen LogP contribution in [0.5, 0.6) is 0 Å². The molecular formula is C12H20N4O. The highest BCUT2D eigenvalue weighted by molar-refractivity contribution is 5.80. The van der Waals surface area contributed by atoms with Crippen molar-refractivity contribution in [2.75, 3.05) is 0 Å². The molecule has 1 saturated carbocycles. The Hall–Kier alpha value is -1.36. The molecule has 17 heavy (non-hydrogen) atoms. The van der Waals surface area contributed by atoms with Gasteiger partial charge in [-0.3, -0.25) is 9.48 Å². The molecule has 1 aliphatic rings. The summed E-state index contributed by atoms with van der Waals surface area (Å²) in [6.45, 7) is 1.84. The Morgan fingerprint density at radius 2 is 2.29 bits per heavy atom. The number of nitrogens with one attached hydrogen (secondary N) is 1. The predicted octanol–water partition coefficient (Wildman–Crippen LogP) is 0.830. The summed E-state index contributed by atoms with van der Waals surface area (Å²) in [4.78, 5) is 12.0. The molecule has 1 aliphatic carbocycles. The average molecular weight is 236 g/mol. The van der Waals surface area contributed by atoms with Gasteiger partial charge in [-0.25, -0.2) is 0 Å². The third kappa shape index (κ3) is 2.85. The Balaban J connectivity index is 1.92. The molecule has 3 atom stereocenters. The maximum Gasteiger partial charge on any atom is 0.244 e. The lowest BCUT2D eigenvalue weighted by molar-refractivity contribution is -0.125. The van der Waals surface area contributed by atoms with Gasteiger partial charge in [0.25, 0.3) is 0 Å². The summed E-state index contributed by atoms with van der Waals surface area (Å²) in [5, 5.41) is 7.11. The van der Waals surface area contributed by atoms with Crippen LogP contribution in [0, 0.1) is 0 Å². The lowest BCUT2D eigenvalue weighted by atomic mass is 9.91. The largest absolute Gasteiger partial charge is 0.350 e. The first-order valence-electron chi connectivity index (χ1n) is 6.23. The van der Waals surface area contributed by atoms with Gasteiger partial charge in [0.15, 0.2) is 0 Å². The molecule has 0 radical (unpaired) electrons. The molecule has 3 unspecified atom stereocenters. The smallest absolute Gasteiger partial charge is 0.244 e. The number of hydrogen-bond acceptors (Lipinski definition) is 3. The normalized spacial score (nSPS) is 26.5. The standard InChI is InChI=1S/C12H20N4O/c1-9(16-8-4-7-14-16)12(17)15-11-6-3-2-5-10(11)13/h4,7-11H,2-3,5-6,13H2,1H3,(H,15,17). The lowest BCUT2D eigenvalue weighted by Crippen LogP contribution is -2.50. The third-order valence-electron chi connectivity index (χ3n) is 3.45. The number of rotatable bonds is 3. The first kappa shape index (κ1) is 12.1. The number of carbonyl (C=O) groups excluding carboxylic acids is 1. The van der Waals surface area contributed by atoms with Gasteiger partial charge in [-0.05, 0) is 25.8 Å². The van der Waals surface area contributed by atoms with Gasteiger partial charge in [-0.1, -0.05) is 12.8 Å². The molecule has 0 aromatic carbocycles. The number of hydrogen-bond donors (Lipinski definition) is 2. The van der Waals surface area contributed by atoms with Crippen molar-refractivity contribution in [3.63, 3.8) is 0 Å². The highest BCUT2D eigenvalue weighted by Gasteiger charge is 2.25. The monoisotopic (exact) mass is 236 g/mol. The minimum Gasteiger partial charge on any atom is -0.350 e. The van der Waals surface area contributed by atoms with E-state index in [0.717, 1.165) is 19.3 Å². The lowest BCUT2D eigenvalue weighted by Gasteiger charge is -2.30. The Kier molecular flexibility index (Phi) is 3.78. The van der Waals surface area contributed by atoms with Crippen molar-refractivity contribution < 1.29 is 4.79 Å². The molecule has 5 nitrogen and oxygen atoms in total. The molecule has 1 amide bonds. The van der Waals surface area contributed by atoms with Crippen LogP contribution in [0.1, 0.15) is 38.6 Å². The van der Waals surface area contributed by atoms with Crippen molar-refractivity contribution in [1.29, 1.82) is 0 Å². The van der Waals surface area contributed by atoms with Crippen LogP contribution in [0.15, 0.2) is 18.5 Å².